The van der Waals surface area contributed by atoms with Gasteiger partial charge in [0, 0.05) is 0 Å². The van der Waals surface area contributed by atoms with Crippen LogP contribution in [0.4, 0.5) is 5.69 Å². The van der Waals surface area contributed by atoms with Crippen molar-refractivity contribution >= 4 is 23.3 Å². The Labute approximate surface area is 91.8 Å². The summed E-state index contributed by atoms with van der Waals surface area (Å²) in [5, 5.41) is 0. The third-order valence-electron chi connectivity index (χ3n) is 2.51. The summed E-state index contributed by atoms with van der Waals surface area (Å²) in [7, 11) is 0. The second-order valence-corrected chi connectivity index (χ2v) is 3.66. The summed E-state index contributed by atoms with van der Waals surface area (Å²) in [5.41, 5.74) is 6.65. The van der Waals surface area contributed by atoms with Gasteiger partial charge in [0.2, 0.25) is 5.91 Å². The Morgan fingerprint density at radius 2 is 2.06 bits per heavy atom. The molecule has 2 amide bonds. The molecule has 0 unspecified atom stereocenters. The molecule has 0 spiro atoms. The lowest BCUT2D eigenvalue weighted by Gasteiger charge is -2.15. The molecule has 0 atom stereocenters. The van der Waals surface area contributed by atoms with Crippen molar-refractivity contribution in [2.24, 2.45) is 5.73 Å². The zero-order valence-electron chi connectivity index (χ0n) is 8.69. The molecule has 0 fully saturated rings. The number of para-hydroxylation sites is 1. The maximum atomic E-state index is 11.6. The number of amides is 2. The minimum absolute atomic E-state index is 0.261. The number of Topliss-reactive ketones (excluding diaryl/α,β-unsaturated/α-hetero) is 1. The van der Waals surface area contributed by atoms with E-state index in [2.05, 4.69) is 0 Å². The maximum absolute atomic E-state index is 11.6. The van der Waals surface area contributed by atoms with Gasteiger partial charge in [-0.15, -0.1) is 0 Å². The van der Waals surface area contributed by atoms with E-state index >= 15 is 0 Å². The molecule has 5 nitrogen and oxygen atoms in total. The summed E-state index contributed by atoms with van der Waals surface area (Å²) < 4.78 is 0. The molecule has 0 aromatic heterocycles. The van der Waals surface area contributed by atoms with Crippen LogP contribution in [0, 0.1) is 6.92 Å². The van der Waals surface area contributed by atoms with E-state index in [0.717, 1.165) is 10.5 Å². The quantitative estimate of drug-likeness (QED) is 0.710. The van der Waals surface area contributed by atoms with Crippen LogP contribution in [-0.2, 0) is 9.59 Å². The predicted molar refractivity (Wildman–Crippen MR) is 57.1 cm³/mol. The van der Waals surface area contributed by atoms with Gasteiger partial charge in [-0.2, -0.15) is 0 Å². The molecule has 1 heterocycles. The standard InChI is InChI=1S/C11H10N2O3/c1-6-3-2-4-7-9(6)13(5-8(12)14)11(16)10(7)15/h2-4H,5H2,1H3,(H2,12,14). The number of nitrogens with two attached hydrogens (primary N) is 1. The van der Waals surface area contributed by atoms with Crippen LogP contribution in [-0.4, -0.2) is 24.1 Å². The zero-order valence-corrected chi connectivity index (χ0v) is 8.69. The van der Waals surface area contributed by atoms with E-state index in [1.807, 2.05) is 0 Å². The van der Waals surface area contributed by atoms with Crippen molar-refractivity contribution in [2.75, 3.05) is 11.4 Å². The maximum Gasteiger partial charge on any atom is 0.299 e. The molecule has 82 valence electrons. The van der Waals surface area contributed by atoms with Crippen molar-refractivity contribution in [3.8, 4) is 0 Å². The first-order chi connectivity index (χ1) is 7.52. The van der Waals surface area contributed by atoms with Crippen molar-refractivity contribution in [3.05, 3.63) is 29.3 Å². The molecule has 0 saturated carbocycles. The van der Waals surface area contributed by atoms with Gasteiger partial charge in [0.25, 0.3) is 11.7 Å². The van der Waals surface area contributed by atoms with Crippen LogP contribution in [0.5, 0.6) is 0 Å². The number of ketones is 1. The molecule has 0 bridgehead atoms. The fraction of sp³-hybridized carbons (Fsp3) is 0.182. The van der Waals surface area contributed by atoms with Gasteiger partial charge in [-0.05, 0) is 18.6 Å². The smallest absolute Gasteiger partial charge is 0.299 e. The third kappa shape index (κ3) is 1.37. The van der Waals surface area contributed by atoms with Crippen LogP contribution in [0.15, 0.2) is 18.2 Å². The Bertz CT molecular complexity index is 508. The highest BCUT2D eigenvalue weighted by molar-refractivity contribution is 6.52. The number of hydrogen-bond acceptors (Lipinski definition) is 3. The van der Waals surface area contributed by atoms with Crippen LogP contribution in [0.25, 0.3) is 0 Å². The molecule has 2 N–H and O–H groups in total. The van der Waals surface area contributed by atoms with Gasteiger partial charge in [-0.1, -0.05) is 12.1 Å². The highest BCUT2D eigenvalue weighted by atomic mass is 16.2. The van der Waals surface area contributed by atoms with E-state index < -0.39 is 17.6 Å². The number of aryl methyl sites for hydroxylation is 1. The summed E-state index contributed by atoms with van der Waals surface area (Å²) in [6.45, 7) is 1.52. The van der Waals surface area contributed by atoms with Crippen LogP contribution in [0.2, 0.25) is 0 Å². The average Bonchev–Trinajstić information content (AvgIpc) is 2.45. The van der Waals surface area contributed by atoms with Gasteiger partial charge in [0.05, 0.1) is 11.3 Å². The molecule has 16 heavy (non-hydrogen) atoms. The largest absolute Gasteiger partial charge is 0.368 e. The lowest BCUT2D eigenvalue weighted by Crippen LogP contribution is -2.37. The number of fused-ring (bicyclic) bond motifs is 1. The number of carbonyl (C=O) groups excluding carboxylic acids is 3. The molecule has 1 aliphatic heterocycles. The molecule has 0 radical (unpaired) electrons. The second kappa shape index (κ2) is 3.44. The van der Waals surface area contributed by atoms with Gasteiger partial charge >= 0.3 is 0 Å². The topological polar surface area (TPSA) is 80.5 Å². The fourth-order valence-electron chi connectivity index (χ4n) is 1.85. The first-order valence-corrected chi connectivity index (χ1v) is 4.76. The van der Waals surface area contributed by atoms with Gasteiger partial charge in [0.1, 0.15) is 6.54 Å². The van der Waals surface area contributed by atoms with Crippen molar-refractivity contribution < 1.29 is 14.4 Å². The van der Waals surface area contributed by atoms with Crippen LogP contribution >= 0.6 is 0 Å². The molecular formula is C11H10N2O3. The first kappa shape index (κ1) is 10.4. The highest BCUT2D eigenvalue weighted by Crippen LogP contribution is 2.31. The average molecular weight is 218 g/mol. The number of primary amides is 1. The fourth-order valence-corrected chi connectivity index (χ4v) is 1.85. The monoisotopic (exact) mass is 218 g/mol. The van der Waals surface area contributed by atoms with Crippen molar-refractivity contribution in [1.82, 2.24) is 0 Å². The van der Waals surface area contributed by atoms with Gasteiger partial charge in [-0.3, -0.25) is 19.3 Å². The zero-order chi connectivity index (χ0) is 11.9. The van der Waals surface area contributed by atoms with E-state index in [1.54, 1.807) is 25.1 Å². The Morgan fingerprint density at radius 1 is 1.38 bits per heavy atom. The number of carbonyl (C=O) groups is 3. The van der Waals surface area contributed by atoms with Gasteiger partial charge < -0.3 is 5.73 Å². The molecular weight excluding hydrogens is 208 g/mol. The first-order valence-electron chi connectivity index (χ1n) is 4.76. The Balaban J connectivity index is 2.56. The van der Waals surface area contributed by atoms with Crippen molar-refractivity contribution in [2.45, 2.75) is 6.92 Å². The van der Waals surface area contributed by atoms with E-state index in [1.165, 1.54) is 0 Å². The molecule has 2 rings (SSSR count). The Hall–Kier alpha value is -2.17. The molecule has 1 aliphatic rings. The summed E-state index contributed by atoms with van der Waals surface area (Å²) >= 11 is 0. The minimum atomic E-state index is -0.692. The molecule has 0 aliphatic carbocycles. The summed E-state index contributed by atoms with van der Waals surface area (Å²) in [4.78, 5) is 35.2. The number of hydrogen-bond donors (Lipinski definition) is 1. The van der Waals surface area contributed by atoms with Crippen molar-refractivity contribution in [3.63, 3.8) is 0 Å². The van der Waals surface area contributed by atoms with E-state index in [0.29, 0.717) is 11.3 Å². The number of rotatable bonds is 2. The molecule has 0 saturated heterocycles. The summed E-state index contributed by atoms with van der Waals surface area (Å²) in [6, 6.07) is 5.05. The molecule has 1 aromatic rings. The van der Waals surface area contributed by atoms with Gasteiger partial charge in [0.15, 0.2) is 0 Å². The lowest BCUT2D eigenvalue weighted by molar-refractivity contribution is -0.120. The van der Waals surface area contributed by atoms with Crippen molar-refractivity contribution in [1.29, 1.82) is 0 Å². The Kier molecular flexibility index (Phi) is 2.23. The van der Waals surface area contributed by atoms with E-state index in [4.69, 9.17) is 5.73 Å². The normalized spacial score (nSPS) is 14.2. The summed E-state index contributed by atoms with van der Waals surface area (Å²) in [6.07, 6.45) is 0. The number of anilines is 1. The molecule has 5 heteroatoms. The van der Waals surface area contributed by atoms with E-state index in [-0.39, 0.29) is 6.54 Å². The minimum Gasteiger partial charge on any atom is -0.368 e. The lowest BCUT2D eigenvalue weighted by atomic mass is 10.1. The SMILES string of the molecule is Cc1cccc2c1N(CC(N)=O)C(=O)C2=O. The third-order valence-corrected chi connectivity index (χ3v) is 2.51. The number of benzene rings is 1. The van der Waals surface area contributed by atoms with E-state index in [9.17, 15) is 14.4 Å². The second-order valence-electron chi connectivity index (χ2n) is 3.66. The van der Waals surface area contributed by atoms with Crippen LogP contribution in [0.1, 0.15) is 15.9 Å². The summed E-state index contributed by atoms with van der Waals surface area (Å²) in [5.74, 6) is -1.92. The predicted octanol–water partition coefficient (Wildman–Crippen LogP) is 0.00962. The number of nitrogens with zero attached hydrogens (tertiary/aromatic N) is 1. The highest BCUT2D eigenvalue weighted by Gasteiger charge is 2.37. The van der Waals surface area contributed by atoms with Crippen LogP contribution in [0.3, 0.4) is 0 Å². The van der Waals surface area contributed by atoms with Gasteiger partial charge in [-0.25, -0.2) is 0 Å². The molecule has 1 aromatic carbocycles. The van der Waals surface area contributed by atoms with Crippen LogP contribution < -0.4 is 10.6 Å². The Morgan fingerprint density at radius 3 is 2.69 bits per heavy atom.